The number of rotatable bonds is 7. The van der Waals surface area contributed by atoms with Gasteiger partial charge in [0, 0.05) is 32.2 Å². The van der Waals surface area contributed by atoms with Crippen LogP contribution in [0.5, 0.6) is 0 Å². The van der Waals surface area contributed by atoms with E-state index in [4.69, 9.17) is 4.74 Å². The van der Waals surface area contributed by atoms with Crippen molar-refractivity contribution in [2.75, 3.05) is 32.8 Å². The molecule has 1 saturated heterocycles. The Bertz CT molecular complexity index is 232. The number of hydrogen-bond acceptors (Lipinski definition) is 4. The molecule has 1 fully saturated rings. The van der Waals surface area contributed by atoms with Gasteiger partial charge in [0.05, 0.1) is 18.3 Å². The molecule has 0 aromatic carbocycles. The Labute approximate surface area is 112 Å². The minimum atomic E-state index is -0.596. The van der Waals surface area contributed by atoms with Crippen LogP contribution in [-0.4, -0.2) is 60.5 Å². The quantitative estimate of drug-likeness (QED) is 0.721. The molecule has 1 aliphatic rings. The second-order valence-corrected chi connectivity index (χ2v) is 5.96. The third-order valence-electron chi connectivity index (χ3n) is 3.57. The van der Waals surface area contributed by atoms with Gasteiger partial charge in [-0.05, 0) is 27.2 Å². The average Bonchev–Trinajstić information content (AvgIpc) is 2.29. The fourth-order valence-electron chi connectivity index (χ4n) is 2.46. The van der Waals surface area contributed by atoms with Gasteiger partial charge in [-0.25, -0.2) is 0 Å². The molecule has 1 rings (SSSR count). The summed E-state index contributed by atoms with van der Waals surface area (Å²) in [6, 6.07) is 0.583. The molecule has 0 aliphatic carbocycles. The third kappa shape index (κ3) is 5.65. The molecule has 1 aliphatic heterocycles. The Balaban J connectivity index is 2.23. The Hall–Kier alpha value is -0.160. The number of morpholine rings is 1. The normalized spacial score (nSPS) is 25.3. The van der Waals surface area contributed by atoms with Crippen molar-refractivity contribution < 1.29 is 9.84 Å². The van der Waals surface area contributed by atoms with E-state index in [9.17, 15) is 5.11 Å². The van der Waals surface area contributed by atoms with Gasteiger partial charge in [0.25, 0.3) is 0 Å². The highest BCUT2D eigenvalue weighted by molar-refractivity contribution is 4.79. The first-order chi connectivity index (χ1) is 8.44. The summed E-state index contributed by atoms with van der Waals surface area (Å²) in [6.07, 6.45) is 2.10. The molecule has 2 unspecified atom stereocenters. The topological polar surface area (TPSA) is 44.7 Å². The van der Waals surface area contributed by atoms with Crippen LogP contribution in [0.4, 0.5) is 0 Å². The van der Waals surface area contributed by atoms with E-state index < -0.39 is 5.60 Å². The van der Waals surface area contributed by atoms with Crippen molar-refractivity contribution in [1.82, 2.24) is 10.2 Å². The highest BCUT2D eigenvalue weighted by Crippen LogP contribution is 2.11. The number of nitrogens with zero attached hydrogens (tertiary/aromatic N) is 1. The molecule has 0 saturated carbocycles. The second kappa shape index (κ2) is 7.43. The highest BCUT2D eigenvalue weighted by Gasteiger charge is 2.23. The summed E-state index contributed by atoms with van der Waals surface area (Å²) in [6.45, 7) is 12.7. The van der Waals surface area contributed by atoms with Crippen LogP contribution in [0.3, 0.4) is 0 Å². The van der Waals surface area contributed by atoms with Crippen LogP contribution < -0.4 is 5.32 Å². The summed E-state index contributed by atoms with van der Waals surface area (Å²) in [5, 5.41) is 13.4. The predicted octanol–water partition coefficient (Wildman–Crippen LogP) is 1.24. The molecule has 108 valence electrons. The van der Waals surface area contributed by atoms with Crippen LogP contribution in [-0.2, 0) is 4.74 Å². The molecular formula is C14H30N2O2. The lowest BCUT2D eigenvalue weighted by molar-refractivity contribution is -0.0399. The van der Waals surface area contributed by atoms with Crippen LogP contribution in [0.2, 0.25) is 0 Å². The van der Waals surface area contributed by atoms with Gasteiger partial charge in [0.2, 0.25) is 0 Å². The standard InChI is InChI=1S/C14H30N2O2/c1-5-6-14(4,17)11-15-9-13-10-16(12(2)3)7-8-18-13/h12-13,15,17H,5-11H2,1-4H3. The zero-order chi connectivity index (χ0) is 13.6. The molecule has 0 aromatic heterocycles. The van der Waals surface area contributed by atoms with E-state index in [2.05, 4.69) is 31.0 Å². The van der Waals surface area contributed by atoms with Gasteiger partial charge < -0.3 is 15.2 Å². The molecule has 0 spiro atoms. The Morgan fingerprint density at radius 3 is 2.83 bits per heavy atom. The SMILES string of the molecule is CCCC(C)(O)CNCC1CN(C(C)C)CCO1. The molecular weight excluding hydrogens is 228 g/mol. The lowest BCUT2D eigenvalue weighted by atomic mass is 10.0. The molecule has 4 heteroatoms. The van der Waals surface area contributed by atoms with Gasteiger partial charge in [-0.3, -0.25) is 4.90 Å². The van der Waals surface area contributed by atoms with E-state index in [-0.39, 0.29) is 6.10 Å². The molecule has 1 heterocycles. The zero-order valence-corrected chi connectivity index (χ0v) is 12.4. The minimum Gasteiger partial charge on any atom is -0.389 e. The molecule has 2 atom stereocenters. The van der Waals surface area contributed by atoms with Gasteiger partial charge in [-0.15, -0.1) is 0 Å². The number of hydrogen-bond donors (Lipinski definition) is 2. The lowest BCUT2D eigenvalue weighted by Gasteiger charge is -2.36. The van der Waals surface area contributed by atoms with E-state index >= 15 is 0 Å². The smallest absolute Gasteiger partial charge is 0.0826 e. The zero-order valence-electron chi connectivity index (χ0n) is 12.4. The first-order valence-electron chi connectivity index (χ1n) is 7.23. The van der Waals surface area contributed by atoms with Crippen molar-refractivity contribution in [3.05, 3.63) is 0 Å². The molecule has 0 amide bonds. The first-order valence-corrected chi connectivity index (χ1v) is 7.23. The van der Waals surface area contributed by atoms with E-state index in [0.717, 1.165) is 39.1 Å². The van der Waals surface area contributed by atoms with Gasteiger partial charge in [-0.2, -0.15) is 0 Å². The van der Waals surface area contributed by atoms with Crippen LogP contribution in [0, 0.1) is 0 Å². The van der Waals surface area contributed by atoms with E-state index in [1.807, 2.05) is 6.92 Å². The summed E-state index contributed by atoms with van der Waals surface area (Å²) in [7, 11) is 0. The predicted molar refractivity (Wildman–Crippen MR) is 74.9 cm³/mol. The van der Waals surface area contributed by atoms with Crippen LogP contribution in [0.25, 0.3) is 0 Å². The maximum absolute atomic E-state index is 10.1. The molecule has 2 N–H and O–H groups in total. The van der Waals surface area contributed by atoms with Crippen molar-refractivity contribution in [1.29, 1.82) is 0 Å². The summed E-state index contributed by atoms with van der Waals surface area (Å²) in [4.78, 5) is 2.44. The Kier molecular flexibility index (Phi) is 6.57. The summed E-state index contributed by atoms with van der Waals surface area (Å²) in [5.74, 6) is 0. The van der Waals surface area contributed by atoms with Gasteiger partial charge in [-0.1, -0.05) is 13.3 Å². The maximum Gasteiger partial charge on any atom is 0.0826 e. The highest BCUT2D eigenvalue weighted by atomic mass is 16.5. The molecule has 18 heavy (non-hydrogen) atoms. The number of nitrogens with one attached hydrogen (secondary N) is 1. The van der Waals surface area contributed by atoms with Crippen molar-refractivity contribution in [2.24, 2.45) is 0 Å². The fraction of sp³-hybridized carbons (Fsp3) is 1.00. The average molecular weight is 258 g/mol. The number of ether oxygens (including phenoxy) is 1. The molecule has 4 nitrogen and oxygen atoms in total. The summed E-state index contributed by atoms with van der Waals surface area (Å²) in [5.41, 5.74) is -0.596. The van der Waals surface area contributed by atoms with Crippen molar-refractivity contribution in [3.63, 3.8) is 0 Å². The monoisotopic (exact) mass is 258 g/mol. The maximum atomic E-state index is 10.1. The van der Waals surface area contributed by atoms with Crippen molar-refractivity contribution >= 4 is 0 Å². The van der Waals surface area contributed by atoms with Crippen LogP contribution >= 0.6 is 0 Å². The van der Waals surface area contributed by atoms with E-state index in [1.165, 1.54) is 0 Å². The summed E-state index contributed by atoms with van der Waals surface area (Å²) < 4.78 is 5.75. The first kappa shape index (κ1) is 15.9. The number of aliphatic hydroxyl groups is 1. The minimum absolute atomic E-state index is 0.249. The fourth-order valence-corrected chi connectivity index (χ4v) is 2.46. The lowest BCUT2D eigenvalue weighted by Crippen LogP contribution is -2.50. The second-order valence-electron chi connectivity index (χ2n) is 5.96. The summed E-state index contributed by atoms with van der Waals surface area (Å²) >= 11 is 0. The van der Waals surface area contributed by atoms with Crippen molar-refractivity contribution in [2.45, 2.75) is 58.3 Å². The molecule has 0 aromatic rings. The van der Waals surface area contributed by atoms with Gasteiger partial charge in [0.1, 0.15) is 0 Å². The Morgan fingerprint density at radius 1 is 1.50 bits per heavy atom. The van der Waals surface area contributed by atoms with Crippen LogP contribution in [0.15, 0.2) is 0 Å². The molecule has 0 bridgehead atoms. The van der Waals surface area contributed by atoms with E-state index in [1.54, 1.807) is 0 Å². The van der Waals surface area contributed by atoms with E-state index in [0.29, 0.717) is 12.6 Å². The van der Waals surface area contributed by atoms with Crippen molar-refractivity contribution in [3.8, 4) is 0 Å². The van der Waals surface area contributed by atoms with Gasteiger partial charge in [0.15, 0.2) is 0 Å². The third-order valence-corrected chi connectivity index (χ3v) is 3.57. The Morgan fingerprint density at radius 2 is 2.22 bits per heavy atom. The largest absolute Gasteiger partial charge is 0.389 e. The van der Waals surface area contributed by atoms with Crippen LogP contribution in [0.1, 0.15) is 40.5 Å². The molecule has 0 radical (unpaired) electrons. The van der Waals surface area contributed by atoms with Gasteiger partial charge >= 0.3 is 0 Å².